The Balaban J connectivity index is 0.000000141. The average molecular weight is 1510 g/mol. The third-order valence-electron chi connectivity index (χ3n) is 23.4. The van der Waals surface area contributed by atoms with Crippen LogP contribution in [0.3, 0.4) is 0 Å². The summed E-state index contributed by atoms with van der Waals surface area (Å²) in [5.41, 5.74) is 25.0. The molecule has 8 heteroatoms. The third kappa shape index (κ3) is 11.3. The van der Waals surface area contributed by atoms with E-state index in [1.807, 2.05) is 102 Å². The standard InChI is InChI=1S/C56H35N3S.C52H33N3S/c1-3-17-37(18-4-1)53-57-54(39-31-30-36-16-7-8-19-38(36)34-39)59-55(58-53)46-25-10-9-22-42(46)45-26-15-29-50-52(45)47-33-32-41(35-51(47)60-50)56(40-20-5-2-6-21-40)48-27-13-11-23-43(48)44-24-12-14-28-49(44)56;1-4-16-34(17-5-1)49-53-50(35-18-6-2-7-19-35)55-51(54-49)37-21-14-20-36(32-37)40-26-15-29-46-48(40)43-31-30-39(33-47(43)56-46)52(38-22-8-3-9-23-38)44-27-12-10-24-41(44)42-25-11-13-28-45(42)52/h1-35H;1-33H. The van der Waals surface area contributed by atoms with Crippen LogP contribution in [0.25, 0.3) is 164 Å². The minimum atomic E-state index is -0.452. The highest BCUT2D eigenvalue weighted by molar-refractivity contribution is 7.26. The molecule has 2 aliphatic carbocycles. The molecular weight excluding hydrogens is 1450 g/mol. The molecule has 23 rings (SSSR count). The first-order valence-corrected chi connectivity index (χ1v) is 40.9. The van der Waals surface area contributed by atoms with Gasteiger partial charge in [0.15, 0.2) is 34.9 Å². The van der Waals surface area contributed by atoms with Crippen molar-refractivity contribution in [3.63, 3.8) is 0 Å². The van der Waals surface area contributed by atoms with Crippen LogP contribution in [0.2, 0.25) is 0 Å². The first-order chi connectivity index (χ1) is 57.5. The van der Waals surface area contributed by atoms with Gasteiger partial charge in [0.1, 0.15) is 0 Å². The number of fused-ring (bicyclic) bond motifs is 13. The van der Waals surface area contributed by atoms with Crippen molar-refractivity contribution in [3.05, 3.63) is 457 Å². The van der Waals surface area contributed by atoms with Crippen molar-refractivity contribution in [2.24, 2.45) is 0 Å². The second kappa shape index (κ2) is 28.3. The first-order valence-electron chi connectivity index (χ1n) is 39.3. The van der Waals surface area contributed by atoms with Gasteiger partial charge in [-0.2, -0.15) is 0 Å². The van der Waals surface area contributed by atoms with Crippen molar-refractivity contribution in [3.8, 4) is 113 Å². The van der Waals surface area contributed by atoms with E-state index < -0.39 is 10.8 Å². The van der Waals surface area contributed by atoms with Crippen molar-refractivity contribution in [1.29, 1.82) is 0 Å². The van der Waals surface area contributed by atoms with Gasteiger partial charge in [-0.15, -0.1) is 22.7 Å². The van der Waals surface area contributed by atoms with Gasteiger partial charge in [-0.1, -0.05) is 376 Å². The quantitative estimate of drug-likeness (QED) is 0.121. The predicted molar refractivity (Wildman–Crippen MR) is 481 cm³/mol. The Kier molecular flexibility index (Phi) is 16.6. The Labute approximate surface area is 679 Å². The molecule has 0 unspecified atom stereocenters. The van der Waals surface area contributed by atoms with Crippen LogP contribution in [0, 0.1) is 0 Å². The fourth-order valence-electron chi connectivity index (χ4n) is 18.4. The monoisotopic (exact) mass is 1510 g/mol. The van der Waals surface area contributed by atoms with Crippen LogP contribution in [0.1, 0.15) is 44.5 Å². The van der Waals surface area contributed by atoms with E-state index >= 15 is 0 Å². The summed E-state index contributed by atoms with van der Waals surface area (Å²) < 4.78 is 5.04. The lowest BCUT2D eigenvalue weighted by molar-refractivity contribution is 0.770. The van der Waals surface area contributed by atoms with Gasteiger partial charge < -0.3 is 0 Å². The summed E-state index contributed by atoms with van der Waals surface area (Å²) >= 11 is 3.73. The molecule has 116 heavy (non-hydrogen) atoms. The predicted octanol–water partition coefficient (Wildman–Crippen LogP) is 27.7. The Bertz CT molecular complexity index is 7260. The second-order valence-electron chi connectivity index (χ2n) is 29.8. The number of aromatic nitrogens is 6. The van der Waals surface area contributed by atoms with E-state index in [2.05, 4.69) is 334 Å². The van der Waals surface area contributed by atoms with Crippen LogP contribution in [0.5, 0.6) is 0 Å². The Morgan fingerprint density at radius 3 is 0.966 bits per heavy atom. The lowest BCUT2D eigenvalue weighted by atomic mass is 9.67. The fourth-order valence-corrected chi connectivity index (χ4v) is 20.7. The van der Waals surface area contributed by atoms with Crippen molar-refractivity contribution < 1.29 is 0 Å². The molecule has 0 radical (unpaired) electrons. The Hall–Kier alpha value is -14.5. The number of nitrogens with zero attached hydrogens (tertiary/aromatic N) is 6. The molecule has 542 valence electrons. The lowest BCUT2D eigenvalue weighted by Crippen LogP contribution is -2.28. The molecule has 0 atom stereocenters. The van der Waals surface area contributed by atoms with E-state index in [1.165, 1.54) is 118 Å². The van der Waals surface area contributed by atoms with Crippen LogP contribution in [0.15, 0.2) is 413 Å². The molecule has 2 aliphatic rings. The number of rotatable bonds is 12. The van der Waals surface area contributed by atoms with Crippen LogP contribution >= 0.6 is 22.7 Å². The van der Waals surface area contributed by atoms with E-state index in [0.29, 0.717) is 34.9 Å². The summed E-state index contributed by atoms with van der Waals surface area (Å²) in [7, 11) is 0. The summed E-state index contributed by atoms with van der Waals surface area (Å²) in [6, 6.07) is 148. The highest BCUT2D eigenvalue weighted by Gasteiger charge is 2.48. The fraction of sp³-hybridized carbons (Fsp3) is 0.0185. The zero-order chi connectivity index (χ0) is 76.7. The minimum Gasteiger partial charge on any atom is -0.208 e. The molecular formula is C108H68N6S2. The normalized spacial score (nSPS) is 12.8. The minimum absolute atomic E-state index is 0.433. The molecule has 0 aliphatic heterocycles. The first kappa shape index (κ1) is 68.3. The Morgan fingerprint density at radius 2 is 0.500 bits per heavy atom. The highest BCUT2D eigenvalue weighted by atomic mass is 32.1. The van der Waals surface area contributed by atoms with E-state index in [1.54, 1.807) is 0 Å². The molecule has 4 heterocycles. The number of benzene rings is 17. The lowest BCUT2D eigenvalue weighted by Gasteiger charge is -2.33. The van der Waals surface area contributed by atoms with Gasteiger partial charge in [-0.25, -0.2) is 29.9 Å². The van der Waals surface area contributed by atoms with E-state index in [-0.39, 0.29) is 0 Å². The maximum Gasteiger partial charge on any atom is 0.164 e. The van der Waals surface area contributed by atoms with E-state index in [9.17, 15) is 0 Å². The van der Waals surface area contributed by atoms with Gasteiger partial charge in [0, 0.05) is 73.7 Å². The third-order valence-corrected chi connectivity index (χ3v) is 25.7. The van der Waals surface area contributed by atoms with Gasteiger partial charge in [-0.3, -0.25) is 0 Å². The molecule has 17 aromatic carbocycles. The topological polar surface area (TPSA) is 77.3 Å². The molecule has 0 amide bonds. The summed E-state index contributed by atoms with van der Waals surface area (Å²) in [6.07, 6.45) is 0. The van der Waals surface area contributed by atoms with Crippen LogP contribution in [-0.4, -0.2) is 29.9 Å². The largest absolute Gasteiger partial charge is 0.208 e. The van der Waals surface area contributed by atoms with Crippen LogP contribution in [0.4, 0.5) is 0 Å². The van der Waals surface area contributed by atoms with Crippen LogP contribution < -0.4 is 0 Å². The highest BCUT2D eigenvalue weighted by Crippen LogP contribution is 2.59. The van der Waals surface area contributed by atoms with Gasteiger partial charge >= 0.3 is 0 Å². The average Bonchev–Trinajstić information content (AvgIpc) is 1.54. The maximum atomic E-state index is 5.23. The smallest absolute Gasteiger partial charge is 0.164 e. The van der Waals surface area contributed by atoms with Gasteiger partial charge in [-0.05, 0) is 136 Å². The molecule has 0 saturated carbocycles. The van der Waals surface area contributed by atoms with Crippen LogP contribution in [-0.2, 0) is 10.8 Å². The number of thiophene rings is 2. The molecule has 0 N–H and O–H groups in total. The SMILES string of the molecule is c1ccc(-c2nc(-c3ccc4ccccc4c3)nc(-c3ccccc3-c3cccc4sc5cc(C6(c7ccccc7)c7ccccc7-c7ccccc76)ccc5c34)n2)cc1.c1ccc(-c2nc(-c3ccccc3)nc(-c3cccc(-c4cccc5sc6cc(C7(c8ccccc8)c8ccccc8-c8ccccc87)ccc6c45)c3)n2)cc1. The zero-order valence-electron chi connectivity index (χ0n) is 62.8. The summed E-state index contributed by atoms with van der Waals surface area (Å²) in [4.78, 5) is 30.5. The van der Waals surface area contributed by atoms with Gasteiger partial charge in [0.25, 0.3) is 0 Å². The molecule has 0 saturated heterocycles. The molecule has 0 fully saturated rings. The summed E-state index contributed by atoms with van der Waals surface area (Å²) in [5, 5.41) is 7.33. The molecule has 6 nitrogen and oxygen atoms in total. The molecule has 0 bridgehead atoms. The van der Waals surface area contributed by atoms with Gasteiger partial charge in [0.05, 0.1) is 10.8 Å². The molecule has 4 aromatic heterocycles. The van der Waals surface area contributed by atoms with Crippen molar-refractivity contribution in [2.45, 2.75) is 10.8 Å². The van der Waals surface area contributed by atoms with Crippen molar-refractivity contribution in [1.82, 2.24) is 29.9 Å². The van der Waals surface area contributed by atoms with Gasteiger partial charge in [0.2, 0.25) is 0 Å². The molecule has 21 aromatic rings. The second-order valence-corrected chi connectivity index (χ2v) is 32.0. The van der Waals surface area contributed by atoms with E-state index in [4.69, 9.17) is 29.9 Å². The van der Waals surface area contributed by atoms with E-state index in [0.717, 1.165) is 55.5 Å². The molecule has 0 spiro atoms. The number of hydrogen-bond acceptors (Lipinski definition) is 8. The zero-order valence-corrected chi connectivity index (χ0v) is 64.4. The van der Waals surface area contributed by atoms with Crippen molar-refractivity contribution >= 4 is 73.8 Å². The Morgan fingerprint density at radius 1 is 0.172 bits per heavy atom. The summed E-state index contributed by atoms with van der Waals surface area (Å²) in [6.45, 7) is 0. The van der Waals surface area contributed by atoms with Crippen molar-refractivity contribution in [2.75, 3.05) is 0 Å². The summed E-state index contributed by atoms with van der Waals surface area (Å²) in [5.74, 6) is 3.89. The number of hydrogen-bond donors (Lipinski definition) is 0. The maximum absolute atomic E-state index is 5.23.